The molecule has 0 bridgehead atoms. The summed E-state index contributed by atoms with van der Waals surface area (Å²) in [5.74, 6) is -0.998. The zero-order chi connectivity index (χ0) is 47.9. The number of hydrogen-bond acceptors (Lipinski definition) is 6. The fourth-order valence-corrected chi connectivity index (χ4v) is 7.26. The molecule has 1 atom stereocenters. The van der Waals surface area contributed by atoms with Crippen molar-refractivity contribution in [3.8, 4) is 0 Å². The summed E-state index contributed by atoms with van der Waals surface area (Å²) in [6.07, 6.45) is 71.1. The second-order valence-corrected chi connectivity index (χ2v) is 17.8. The van der Waals surface area contributed by atoms with Gasteiger partial charge in [-0.15, -0.1) is 0 Å². The molecule has 0 saturated heterocycles. The van der Waals surface area contributed by atoms with Crippen LogP contribution in [-0.2, 0) is 28.6 Å². The highest BCUT2D eigenvalue weighted by Gasteiger charge is 2.19. The first-order valence-corrected chi connectivity index (χ1v) is 27.2. The summed E-state index contributed by atoms with van der Waals surface area (Å²) in [6.45, 7) is 6.43. The van der Waals surface area contributed by atoms with Crippen molar-refractivity contribution >= 4 is 17.9 Å². The third-order valence-electron chi connectivity index (χ3n) is 11.3. The molecule has 0 heterocycles. The van der Waals surface area contributed by atoms with Crippen LogP contribution < -0.4 is 0 Å². The first-order chi connectivity index (χ1) is 32.5. The molecule has 6 nitrogen and oxygen atoms in total. The molecule has 0 aromatic rings. The van der Waals surface area contributed by atoms with Crippen LogP contribution >= 0.6 is 0 Å². The molecule has 0 aliphatic heterocycles. The lowest BCUT2D eigenvalue weighted by molar-refractivity contribution is -0.166. The fourth-order valence-electron chi connectivity index (χ4n) is 7.26. The van der Waals surface area contributed by atoms with Gasteiger partial charge < -0.3 is 14.2 Å². The topological polar surface area (TPSA) is 78.9 Å². The van der Waals surface area contributed by atoms with Gasteiger partial charge in [0.15, 0.2) is 6.10 Å². The van der Waals surface area contributed by atoms with E-state index in [0.717, 1.165) is 89.9 Å². The second kappa shape index (κ2) is 53.9. The van der Waals surface area contributed by atoms with Gasteiger partial charge in [-0.1, -0.05) is 234 Å². The summed E-state index contributed by atoms with van der Waals surface area (Å²) in [5, 5.41) is 0. The lowest BCUT2D eigenvalue weighted by Crippen LogP contribution is -2.30. The van der Waals surface area contributed by atoms with Gasteiger partial charge in [-0.3, -0.25) is 14.4 Å². The van der Waals surface area contributed by atoms with Gasteiger partial charge in [0.25, 0.3) is 0 Å². The number of esters is 3. The first kappa shape index (κ1) is 62.3. The molecule has 0 aliphatic rings. The van der Waals surface area contributed by atoms with E-state index in [9.17, 15) is 14.4 Å². The van der Waals surface area contributed by atoms with Crippen LogP contribution in [0.4, 0.5) is 0 Å². The number of allylic oxidation sites excluding steroid dienone is 16. The molecule has 0 aliphatic carbocycles. The Morgan fingerprint density at radius 2 is 0.621 bits per heavy atom. The first-order valence-electron chi connectivity index (χ1n) is 27.2. The van der Waals surface area contributed by atoms with Crippen LogP contribution in [0.15, 0.2) is 97.2 Å². The van der Waals surface area contributed by atoms with Gasteiger partial charge in [0, 0.05) is 19.3 Å². The predicted octanol–water partition coefficient (Wildman–Crippen LogP) is 18.1. The minimum atomic E-state index is -0.811. The standard InChI is InChI=1S/C60H100O6/c1-4-7-10-13-16-19-22-25-27-29-30-32-33-35-38-41-44-47-50-53-59(62)65-56-57(55-64-58(61)52-49-46-43-40-37-24-21-18-15-12-9-6-3)66-60(63)54-51-48-45-42-39-36-34-31-28-26-23-20-17-14-11-8-5-2/h7,10,16-17,19-20,25-28,30,32,35,38,44,47,57H,4-6,8-9,11-15,18,21-24,29,31,33-34,36-37,39-43,45-46,48-56H2,1-3H3/b10-7-,19-16-,20-17-,27-25-,28-26-,32-30-,38-35-,47-44-. The van der Waals surface area contributed by atoms with E-state index in [-0.39, 0.29) is 37.5 Å². The molecule has 6 heteroatoms. The van der Waals surface area contributed by atoms with Crippen LogP contribution in [0.2, 0.25) is 0 Å². The number of unbranched alkanes of at least 4 members (excludes halogenated alkanes) is 21. The van der Waals surface area contributed by atoms with Gasteiger partial charge in [-0.2, -0.15) is 0 Å². The van der Waals surface area contributed by atoms with Gasteiger partial charge in [-0.05, 0) is 89.9 Å². The molecule has 0 aromatic carbocycles. The number of carbonyl (C=O) groups excluding carboxylic acids is 3. The average molecular weight is 917 g/mol. The highest BCUT2D eigenvalue weighted by Crippen LogP contribution is 2.14. The van der Waals surface area contributed by atoms with Gasteiger partial charge in [-0.25, -0.2) is 0 Å². The van der Waals surface area contributed by atoms with E-state index in [0.29, 0.717) is 19.3 Å². The minimum Gasteiger partial charge on any atom is -0.462 e. The SMILES string of the molecule is CC/C=C\C/C=C\C/C=C\C/C=C\C/C=C\C/C=C\CCC(=O)OCC(COC(=O)CCCCCCCCCCCCCC)OC(=O)CCCCCCCCC/C=C\C/C=C\CCCCC. The van der Waals surface area contributed by atoms with Crippen molar-refractivity contribution in [1.82, 2.24) is 0 Å². The molecule has 0 fully saturated rings. The summed E-state index contributed by atoms with van der Waals surface area (Å²) in [5.41, 5.74) is 0. The highest BCUT2D eigenvalue weighted by molar-refractivity contribution is 5.71. The fraction of sp³-hybridized carbons (Fsp3) is 0.683. The Kier molecular flexibility index (Phi) is 50.9. The Hall–Kier alpha value is -3.67. The molecular formula is C60H100O6. The maximum absolute atomic E-state index is 12.8. The average Bonchev–Trinajstić information content (AvgIpc) is 3.31. The highest BCUT2D eigenvalue weighted by atomic mass is 16.6. The van der Waals surface area contributed by atoms with Crippen molar-refractivity contribution in [2.24, 2.45) is 0 Å². The van der Waals surface area contributed by atoms with Crippen LogP contribution in [0.1, 0.15) is 245 Å². The minimum absolute atomic E-state index is 0.103. The van der Waals surface area contributed by atoms with Crippen LogP contribution in [0.3, 0.4) is 0 Å². The molecule has 376 valence electrons. The van der Waals surface area contributed by atoms with Crippen LogP contribution in [0, 0.1) is 0 Å². The van der Waals surface area contributed by atoms with Gasteiger partial charge >= 0.3 is 17.9 Å². The van der Waals surface area contributed by atoms with E-state index in [1.165, 1.54) is 109 Å². The summed E-state index contributed by atoms with van der Waals surface area (Å²) in [6, 6.07) is 0. The normalized spacial score (nSPS) is 12.8. The largest absolute Gasteiger partial charge is 0.462 e. The third kappa shape index (κ3) is 51.3. The Labute approximate surface area is 407 Å². The summed E-state index contributed by atoms with van der Waals surface area (Å²) >= 11 is 0. The molecule has 0 saturated carbocycles. The maximum atomic E-state index is 12.8. The van der Waals surface area contributed by atoms with E-state index < -0.39 is 6.10 Å². The molecule has 0 N–H and O–H groups in total. The molecule has 0 radical (unpaired) electrons. The van der Waals surface area contributed by atoms with Crippen molar-refractivity contribution < 1.29 is 28.6 Å². The molecule has 0 rings (SSSR count). The quantitative estimate of drug-likeness (QED) is 0.0262. The number of carbonyl (C=O) groups is 3. The summed E-state index contributed by atoms with van der Waals surface area (Å²) in [7, 11) is 0. The molecule has 66 heavy (non-hydrogen) atoms. The van der Waals surface area contributed by atoms with Crippen LogP contribution in [0.5, 0.6) is 0 Å². The summed E-state index contributed by atoms with van der Waals surface area (Å²) in [4.78, 5) is 38.0. The third-order valence-corrected chi connectivity index (χ3v) is 11.3. The Balaban J connectivity index is 4.50. The van der Waals surface area contributed by atoms with E-state index in [1.54, 1.807) is 0 Å². The monoisotopic (exact) mass is 917 g/mol. The number of hydrogen-bond donors (Lipinski definition) is 0. The predicted molar refractivity (Wildman–Crippen MR) is 284 cm³/mol. The van der Waals surface area contributed by atoms with Gasteiger partial charge in [0.1, 0.15) is 13.2 Å². The lowest BCUT2D eigenvalue weighted by atomic mass is 10.0. The van der Waals surface area contributed by atoms with E-state index in [1.807, 2.05) is 6.08 Å². The number of ether oxygens (including phenoxy) is 3. The van der Waals surface area contributed by atoms with Gasteiger partial charge in [0.2, 0.25) is 0 Å². The molecule has 0 aromatic heterocycles. The van der Waals surface area contributed by atoms with E-state index in [2.05, 4.69) is 112 Å². The van der Waals surface area contributed by atoms with Crippen molar-refractivity contribution in [3.63, 3.8) is 0 Å². The molecular weight excluding hydrogens is 817 g/mol. The Morgan fingerprint density at radius 1 is 0.318 bits per heavy atom. The zero-order valence-electron chi connectivity index (χ0n) is 42.9. The van der Waals surface area contributed by atoms with Crippen molar-refractivity contribution in [2.75, 3.05) is 13.2 Å². The van der Waals surface area contributed by atoms with E-state index >= 15 is 0 Å². The van der Waals surface area contributed by atoms with Crippen LogP contribution in [0.25, 0.3) is 0 Å². The number of rotatable bonds is 48. The van der Waals surface area contributed by atoms with Crippen molar-refractivity contribution in [1.29, 1.82) is 0 Å². The van der Waals surface area contributed by atoms with Gasteiger partial charge in [0.05, 0.1) is 0 Å². The second-order valence-electron chi connectivity index (χ2n) is 17.8. The zero-order valence-corrected chi connectivity index (χ0v) is 42.9. The smallest absolute Gasteiger partial charge is 0.306 e. The molecule has 1 unspecified atom stereocenters. The van der Waals surface area contributed by atoms with E-state index in [4.69, 9.17) is 14.2 Å². The van der Waals surface area contributed by atoms with Crippen molar-refractivity contribution in [2.45, 2.75) is 252 Å². The summed E-state index contributed by atoms with van der Waals surface area (Å²) < 4.78 is 16.8. The molecule has 0 spiro atoms. The Bertz CT molecular complexity index is 1330. The molecule has 0 amide bonds. The van der Waals surface area contributed by atoms with Crippen LogP contribution in [-0.4, -0.2) is 37.2 Å². The maximum Gasteiger partial charge on any atom is 0.306 e. The van der Waals surface area contributed by atoms with Crippen molar-refractivity contribution in [3.05, 3.63) is 97.2 Å². The Morgan fingerprint density at radius 3 is 1.05 bits per heavy atom. The lowest BCUT2D eigenvalue weighted by Gasteiger charge is -2.18.